The van der Waals surface area contributed by atoms with E-state index in [0.717, 1.165) is 18.9 Å². The molecule has 0 aromatic carbocycles. The summed E-state index contributed by atoms with van der Waals surface area (Å²) in [6.45, 7) is 1.42. The van der Waals surface area contributed by atoms with Crippen LogP contribution in [0.5, 0.6) is 0 Å². The Hall–Kier alpha value is -0.0800. The predicted molar refractivity (Wildman–Crippen MR) is 41.8 cm³/mol. The first-order valence-electron chi connectivity index (χ1n) is 4.14. The van der Waals surface area contributed by atoms with Gasteiger partial charge in [0.1, 0.15) is 0 Å². The first-order chi connectivity index (χ1) is 4.88. The fourth-order valence-corrected chi connectivity index (χ4v) is 1.37. The van der Waals surface area contributed by atoms with Gasteiger partial charge in [0.25, 0.3) is 0 Å². The summed E-state index contributed by atoms with van der Waals surface area (Å²) in [5.41, 5.74) is 0. The first-order valence-corrected chi connectivity index (χ1v) is 4.14. The second-order valence-corrected chi connectivity index (χ2v) is 3.17. The van der Waals surface area contributed by atoms with Crippen LogP contribution in [0.4, 0.5) is 0 Å². The molecule has 0 aromatic rings. The lowest BCUT2D eigenvalue weighted by molar-refractivity contribution is 0.202. The number of aliphatic hydroxyl groups excluding tert-OH is 1. The van der Waals surface area contributed by atoms with Gasteiger partial charge in [0.15, 0.2) is 0 Å². The third-order valence-corrected chi connectivity index (χ3v) is 2.29. The van der Waals surface area contributed by atoms with E-state index in [0.29, 0.717) is 12.5 Å². The van der Waals surface area contributed by atoms with E-state index in [2.05, 4.69) is 5.32 Å². The maximum Gasteiger partial charge on any atom is 0.0462 e. The number of aliphatic hydroxyl groups is 1. The molecule has 0 bridgehead atoms. The monoisotopic (exact) mass is 143 g/mol. The average molecular weight is 143 g/mol. The lowest BCUT2D eigenvalue weighted by Gasteiger charge is -2.11. The van der Waals surface area contributed by atoms with Gasteiger partial charge in [-0.15, -0.1) is 0 Å². The van der Waals surface area contributed by atoms with Crippen LogP contribution in [0, 0.1) is 11.8 Å². The summed E-state index contributed by atoms with van der Waals surface area (Å²) in [5.74, 6) is 1.42. The minimum atomic E-state index is 0.381. The highest BCUT2D eigenvalue weighted by Crippen LogP contribution is 2.37. The summed E-state index contributed by atoms with van der Waals surface area (Å²) in [6.07, 6.45) is 3.82. The van der Waals surface area contributed by atoms with Gasteiger partial charge in [-0.2, -0.15) is 0 Å². The van der Waals surface area contributed by atoms with Crippen molar-refractivity contribution in [1.29, 1.82) is 0 Å². The largest absolute Gasteiger partial charge is 0.396 e. The van der Waals surface area contributed by atoms with Gasteiger partial charge >= 0.3 is 0 Å². The zero-order valence-electron chi connectivity index (χ0n) is 6.64. The van der Waals surface area contributed by atoms with Crippen LogP contribution in [-0.4, -0.2) is 25.3 Å². The lowest BCUT2D eigenvalue weighted by atomic mass is 10.0. The molecule has 0 radical (unpaired) electrons. The third-order valence-electron chi connectivity index (χ3n) is 2.29. The minimum Gasteiger partial charge on any atom is -0.396 e. The van der Waals surface area contributed by atoms with Crippen LogP contribution in [-0.2, 0) is 0 Å². The zero-order valence-corrected chi connectivity index (χ0v) is 6.64. The van der Waals surface area contributed by atoms with Crippen molar-refractivity contribution in [3.8, 4) is 0 Å². The standard InChI is InChI=1S/C8H17NO/c1-9-5-4-8(6-10)7-2-3-7/h7-10H,2-6H2,1H3. The van der Waals surface area contributed by atoms with Crippen LogP contribution in [0.15, 0.2) is 0 Å². The molecule has 2 heteroatoms. The van der Waals surface area contributed by atoms with Gasteiger partial charge < -0.3 is 10.4 Å². The normalized spacial score (nSPS) is 21.0. The van der Waals surface area contributed by atoms with Crippen LogP contribution in [0.1, 0.15) is 19.3 Å². The van der Waals surface area contributed by atoms with Gasteiger partial charge in [0.2, 0.25) is 0 Å². The first kappa shape index (κ1) is 8.02. The number of nitrogens with one attached hydrogen (secondary N) is 1. The smallest absolute Gasteiger partial charge is 0.0462 e. The topological polar surface area (TPSA) is 32.3 Å². The molecule has 1 atom stereocenters. The summed E-state index contributed by atoms with van der Waals surface area (Å²) < 4.78 is 0. The number of hydrogen-bond acceptors (Lipinski definition) is 2. The molecule has 0 aromatic heterocycles. The Morgan fingerprint density at radius 2 is 2.30 bits per heavy atom. The van der Waals surface area contributed by atoms with Gasteiger partial charge in [0, 0.05) is 6.61 Å². The molecule has 1 fully saturated rings. The molecule has 1 unspecified atom stereocenters. The van der Waals surface area contributed by atoms with Gasteiger partial charge in [-0.3, -0.25) is 0 Å². The van der Waals surface area contributed by atoms with Gasteiger partial charge in [0.05, 0.1) is 0 Å². The second kappa shape index (κ2) is 3.94. The molecule has 60 valence electrons. The van der Waals surface area contributed by atoms with Crippen LogP contribution >= 0.6 is 0 Å². The molecule has 1 saturated carbocycles. The van der Waals surface area contributed by atoms with E-state index >= 15 is 0 Å². The third kappa shape index (κ3) is 2.27. The lowest BCUT2D eigenvalue weighted by Crippen LogP contribution is -2.17. The van der Waals surface area contributed by atoms with Crippen LogP contribution in [0.2, 0.25) is 0 Å². The quantitative estimate of drug-likeness (QED) is 0.591. The van der Waals surface area contributed by atoms with Crippen molar-refractivity contribution in [2.24, 2.45) is 11.8 Å². The SMILES string of the molecule is CNCCC(CO)C1CC1. The molecule has 0 amide bonds. The molecule has 0 heterocycles. The molecule has 1 rings (SSSR count). The van der Waals surface area contributed by atoms with Crippen molar-refractivity contribution >= 4 is 0 Å². The van der Waals surface area contributed by atoms with E-state index in [1.807, 2.05) is 7.05 Å². The van der Waals surface area contributed by atoms with Gasteiger partial charge in [-0.05, 0) is 44.7 Å². The Bertz CT molecular complexity index is 91.3. The zero-order chi connectivity index (χ0) is 7.40. The highest BCUT2D eigenvalue weighted by molar-refractivity contribution is 4.80. The summed E-state index contributed by atoms with van der Waals surface area (Å²) >= 11 is 0. The van der Waals surface area contributed by atoms with Crippen molar-refractivity contribution in [3.05, 3.63) is 0 Å². The summed E-state index contributed by atoms with van der Waals surface area (Å²) in [7, 11) is 1.96. The van der Waals surface area contributed by atoms with E-state index in [-0.39, 0.29) is 0 Å². The fourth-order valence-electron chi connectivity index (χ4n) is 1.37. The molecule has 10 heavy (non-hydrogen) atoms. The minimum absolute atomic E-state index is 0.381. The van der Waals surface area contributed by atoms with E-state index in [1.54, 1.807) is 0 Å². The molecule has 0 spiro atoms. The predicted octanol–water partition coefficient (Wildman–Crippen LogP) is 0.614. The Kier molecular flexibility index (Phi) is 3.16. The molecule has 0 aliphatic heterocycles. The van der Waals surface area contributed by atoms with E-state index in [9.17, 15) is 0 Å². The highest BCUT2D eigenvalue weighted by atomic mass is 16.3. The van der Waals surface area contributed by atoms with Crippen LogP contribution in [0.25, 0.3) is 0 Å². The van der Waals surface area contributed by atoms with Crippen molar-refractivity contribution in [2.45, 2.75) is 19.3 Å². The van der Waals surface area contributed by atoms with Crippen molar-refractivity contribution in [2.75, 3.05) is 20.2 Å². The van der Waals surface area contributed by atoms with Crippen LogP contribution in [0.3, 0.4) is 0 Å². The molecule has 2 nitrogen and oxygen atoms in total. The average Bonchev–Trinajstić information content (AvgIpc) is 2.73. The van der Waals surface area contributed by atoms with E-state index < -0.39 is 0 Å². The fraction of sp³-hybridized carbons (Fsp3) is 1.00. The number of rotatable bonds is 5. The van der Waals surface area contributed by atoms with Gasteiger partial charge in [-0.1, -0.05) is 0 Å². The summed E-state index contributed by atoms with van der Waals surface area (Å²) in [4.78, 5) is 0. The van der Waals surface area contributed by atoms with Gasteiger partial charge in [-0.25, -0.2) is 0 Å². The van der Waals surface area contributed by atoms with E-state index in [1.165, 1.54) is 12.8 Å². The molecule has 1 aliphatic rings. The second-order valence-electron chi connectivity index (χ2n) is 3.17. The maximum absolute atomic E-state index is 8.94. The molecular formula is C8H17NO. The van der Waals surface area contributed by atoms with Crippen molar-refractivity contribution in [3.63, 3.8) is 0 Å². The molecule has 1 aliphatic carbocycles. The highest BCUT2D eigenvalue weighted by Gasteiger charge is 2.29. The summed E-state index contributed by atoms with van der Waals surface area (Å²) in [6, 6.07) is 0. The van der Waals surface area contributed by atoms with E-state index in [4.69, 9.17) is 5.11 Å². The Balaban J connectivity index is 2.07. The number of hydrogen-bond donors (Lipinski definition) is 2. The Morgan fingerprint density at radius 3 is 2.70 bits per heavy atom. The van der Waals surface area contributed by atoms with Crippen LogP contribution < -0.4 is 5.32 Å². The maximum atomic E-state index is 8.94. The Labute approximate surface area is 62.6 Å². The molecule has 0 saturated heterocycles. The molecule has 2 N–H and O–H groups in total. The Morgan fingerprint density at radius 1 is 1.60 bits per heavy atom. The van der Waals surface area contributed by atoms with Crippen molar-refractivity contribution in [1.82, 2.24) is 5.32 Å². The summed E-state index contributed by atoms with van der Waals surface area (Å²) in [5, 5.41) is 12.0. The molecular weight excluding hydrogens is 126 g/mol. The van der Waals surface area contributed by atoms with Crippen molar-refractivity contribution < 1.29 is 5.11 Å².